The third-order valence-corrected chi connectivity index (χ3v) is 2.91. The van der Waals surface area contributed by atoms with Gasteiger partial charge in [-0.05, 0) is 31.7 Å². The molecule has 0 saturated heterocycles. The van der Waals surface area contributed by atoms with Gasteiger partial charge < -0.3 is 11.1 Å². The Morgan fingerprint density at radius 2 is 2.11 bits per heavy atom. The fourth-order valence-corrected chi connectivity index (χ4v) is 1.96. The highest BCUT2D eigenvalue weighted by Gasteiger charge is 2.13. The van der Waals surface area contributed by atoms with E-state index >= 15 is 0 Å². The lowest BCUT2D eigenvalue weighted by molar-refractivity contribution is -0.122. The molecule has 0 saturated carbocycles. The molecule has 5 nitrogen and oxygen atoms in total. The van der Waals surface area contributed by atoms with Crippen LogP contribution in [0.4, 0.5) is 0 Å². The van der Waals surface area contributed by atoms with Gasteiger partial charge in [-0.2, -0.15) is 0 Å². The molecular formula is C14H24N4O. The number of nitrogens with zero attached hydrogens (tertiary/aromatic N) is 2. The van der Waals surface area contributed by atoms with Crippen molar-refractivity contribution >= 4 is 5.91 Å². The van der Waals surface area contributed by atoms with Gasteiger partial charge in [0.15, 0.2) is 0 Å². The Morgan fingerprint density at radius 1 is 1.37 bits per heavy atom. The van der Waals surface area contributed by atoms with Crippen molar-refractivity contribution in [2.75, 3.05) is 6.54 Å². The molecule has 1 amide bonds. The third-order valence-electron chi connectivity index (χ3n) is 2.91. The molecule has 1 atom stereocenters. The van der Waals surface area contributed by atoms with E-state index in [-0.39, 0.29) is 11.8 Å². The fraction of sp³-hybridized carbons (Fsp3) is 0.643. The van der Waals surface area contributed by atoms with Gasteiger partial charge >= 0.3 is 0 Å². The number of carbonyl (C=O) groups excluding carboxylic acids is 1. The molecule has 1 rings (SSSR count). The Hall–Kier alpha value is -1.49. The minimum Gasteiger partial charge on any atom is -0.350 e. The lowest BCUT2D eigenvalue weighted by Gasteiger charge is -2.16. The number of nitrogens with two attached hydrogens (primary N) is 1. The number of hydrogen-bond acceptors (Lipinski definition) is 4. The molecule has 1 aromatic heterocycles. The molecule has 0 bridgehead atoms. The maximum absolute atomic E-state index is 11.8. The van der Waals surface area contributed by atoms with Crippen LogP contribution < -0.4 is 11.1 Å². The van der Waals surface area contributed by atoms with Crippen LogP contribution in [0.1, 0.15) is 38.1 Å². The van der Waals surface area contributed by atoms with Crippen molar-refractivity contribution in [2.45, 2.75) is 40.2 Å². The number of hydrogen-bond donors (Lipinski definition) is 2. The number of aryl methyl sites for hydroxylation is 1. The van der Waals surface area contributed by atoms with Crippen LogP contribution in [0.5, 0.6) is 0 Å². The molecule has 0 aliphatic rings. The molecule has 0 spiro atoms. The summed E-state index contributed by atoms with van der Waals surface area (Å²) >= 11 is 0. The van der Waals surface area contributed by atoms with Crippen LogP contribution in [-0.2, 0) is 11.3 Å². The number of nitrogens with one attached hydrogen (secondary N) is 1. The van der Waals surface area contributed by atoms with Gasteiger partial charge in [0, 0.05) is 12.6 Å². The Kier molecular flexibility index (Phi) is 6.42. The van der Waals surface area contributed by atoms with Gasteiger partial charge in [-0.25, -0.2) is 0 Å². The number of amides is 1. The highest BCUT2D eigenvalue weighted by molar-refractivity contribution is 5.76. The van der Waals surface area contributed by atoms with E-state index < -0.39 is 0 Å². The molecule has 106 valence electrons. The molecule has 0 aliphatic heterocycles. The summed E-state index contributed by atoms with van der Waals surface area (Å²) in [7, 11) is 0. The molecular weight excluding hydrogens is 240 g/mol. The number of carbonyl (C=O) groups is 1. The maximum Gasteiger partial charge on any atom is 0.220 e. The van der Waals surface area contributed by atoms with Crippen molar-refractivity contribution < 1.29 is 4.79 Å². The Labute approximate surface area is 115 Å². The van der Waals surface area contributed by atoms with E-state index in [4.69, 9.17) is 5.73 Å². The number of aromatic nitrogens is 2. The summed E-state index contributed by atoms with van der Waals surface area (Å²) in [4.78, 5) is 20.2. The molecule has 0 unspecified atom stereocenters. The zero-order valence-corrected chi connectivity index (χ0v) is 12.0. The first-order valence-corrected chi connectivity index (χ1v) is 6.75. The number of rotatable bonds is 7. The first kappa shape index (κ1) is 15.6. The van der Waals surface area contributed by atoms with Gasteiger partial charge in [0.25, 0.3) is 0 Å². The predicted octanol–water partition coefficient (Wildman–Crippen LogP) is 1.41. The van der Waals surface area contributed by atoms with Crippen molar-refractivity contribution in [1.29, 1.82) is 0 Å². The maximum atomic E-state index is 11.8. The highest BCUT2D eigenvalue weighted by Crippen LogP contribution is 2.14. The van der Waals surface area contributed by atoms with Crippen molar-refractivity contribution in [3.8, 4) is 0 Å². The van der Waals surface area contributed by atoms with Crippen LogP contribution in [0.3, 0.4) is 0 Å². The van der Waals surface area contributed by atoms with E-state index in [2.05, 4.69) is 29.1 Å². The molecule has 0 fully saturated rings. The van der Waals surface area contributed by atoms with E-state index in [1.165, 1.54) is 0 Å². The quantitative estimate of drug-likeness (QED) is 0.780. The largest absolute Gasteiger partial charge is 0.350 e. The van der Waals surface area contributed by atoms with E-state index in [1.54, 1.807) is 12.4 Å². The van der Waals surface area contributed by atoms with Crippen LogP contribution in [0.15, 0.2) is 12.4 Å². The van der Waals surface area contributed by atoms with E-state index in [1.807, 2.05) is 6.92 Å². The summed E-state index contributed by atoms with van der Waals surface area (Å²) in [6.07, 6.45) is 4.84. The van der Waals surface area contributed by atoms with Gasteiger partial charge in [-0.1, -0.05) is 13.8 Å². The SMILES string of the molecule is Cc1cnc(CNC(=O)C[C@@H](CN)CC(C)C)cn1. The van der Waals surface area contributed by atoms with Crippen LogP contribution in [0, 0.1) is 18.8 Å². The fourth-order valence-electron chi connectivity index (χ4n) is 1.96. The summed E-state index contributed by atoms with van der Waals surface area (Å²) < 4.78 is 0. The molecule has 5 heteroatoms. The second-order valence-electron chi connectivity index (χ2n) is 5.36. The summed E-state index contributed by atoms with van der Waals surface area (Å²) in [5, 5.41) is 2.86. The molecule has 0 radical (unpaired) electrons. The standard InChI is InChI=1S/C14H24N4O/c1-10(2)4-12(6-15)5-14(19)18-9-13-8-16-11(3)7-17-13/h7-8,10,12H,4-6,9,15H2,1-3H3,(H,18,19)/t12-/m0/s1. The van der Waals surface area contributed by atoms with Gasteiger partial charge in [0.05, 0.1) is 24.1 Å². The second kappa shape index (κ2) is 7.84. The zero-order chi connectivity index (χ0) is 14.3. The molecule has 19 heavy (non-hydrogen) atoms. The lowest BCUT2D eigenvalue weighted by atomic mass is 9.94. The molecule has 1 aromatic rings. The van der Waals surface area contributed by atoms with Crippen LogP contribution in [-0.4, -0.2) is 22.4 Å². The summed E-state index contributed by atoms with van der Waals surface area (Å²) in [6.45, 7) is 7.14. The molecule has 3 N–H and O–H groups in total. The summed E-state index contributed by atoms with van der Waals surface area (Å²) in [6, 6.07) is 0. The molecule has 1 heterocycles. The van der Waals surface area contributed by atoms with Gasteiger partial charge in [-0.15, -0.1) is 0 Å². The topological polar surface area (TPSA) is 80.9 Å². The van der Waals surface area contributed by atoms with Crippen LogP contribution >= 0.6 is 0 Å². The van der Waals surface area contributed by atoms with E-state index in [0.717, 1.165) is 17.8 Å². The first-order chi connectivity index (χ1) is 9.01. The molecule has 0 aromatic carbocycles. The first-order valence-electron chi connectivity index (χ1n) is 6.75. The van der Waals surface area contributed by atoms with Gasteiger partial charge in [-0.3, -0.25) is 14.8 Å². The molecule has 0 aliphatic carbocycles. The minimum absolute atomic E-state index is 0.0264. The van der Waals surface area contributed by atoms with E-state index in [9.17, 15) is 4.79 Å². The lowest BCUT2D eigenvalue weighted by Crippen LogP contribution is -2.28. The second-order valence-corrected chi connectivity index (χ2v) is 5.36. The van der Waals surface area contributed by atoms with Crippen molar-refractivity contribution in [3.05, 3.63) is 23.8 Å². The Morgan fingerprint density at radius 3 is 2.63 bits per heavy atom. The Balaban J connectivity index is 2.36. The zero-order valence-electron chi connectivity index (χ0n) is 12.0. The third kappa shape index (κ3) is 6.29. The minimum atomic E-state index is 0.0264. The highest BCUT2D eigenvalue weighted by atomic mass is 16.1. The summed E-state index contributed by atoms with van der Waals surface area (Å²) in [5.74, 6) is 0.840. The average molecular weight is 264 g/mol. The van der Waals surface area contributed by atoms with Crippen molar-refractivity contribution in [3.63, 3.8) is 0 Å². The van der Waals surface area contributed by atoms with Crippen LogP contribution in [0.25, 0.3) is 0 Å². The van der Waals surface area contributed by atoms with Gasteiger partial charge in [0.1, 0.15) is 0 Å². The monoisotopic (exact) mass is 264 g/mol. The smallest absolute Gasteiger partial charge is 0.220 e. The normalized spacial score (nSPS) is 12.5. The van der Waals surface area contributed by atoms with E-state index in [0.29, 0.717) is 25.4 Å². The average Bonchev–Trinajstić information content (AvgIpc) is 2.36. The van der Waals surface area contributed by atoms with Crippen LogP contribution in [0.2, 0.25) is 0 Å². The predicted molar refractivity (Wildman–Crippen MR) is 75.2 cm³/mol. The van der Waals surface area contributed by atoms with Crippen molar-refractivity contribution in [2.24, 2.45) is 17.6 Å². The summed E-state index contributed by atoms with van der Waals surface area (Å²) in [5.41, 5.74) is 7.33. The van der Waals surface area contributed by atoms with Gasteiger partial charge in [0.2, 0.25) is 5.91 Å². The Bertz CT molecular complexity index is 389. The van der Waals surface area contributed by atoms with Crippen molar-refractivity contribution in [1.82, 2.24) is 15.3 Å².